The Morgan fingerprint density at radius 1 is 1.33 bits per heavy atom. The van der Waals surface area contributed by atoms with Crippen molar-refractivity contribution in [2.75, 3.05) is 27.2 Å². The summed E-state index contributed by atoms with van der Waals surface area (Å²) in [5.41, 5.74) is 1.50. The highest BCUT2D eigenvalue weighted by atomic mass is 35.5. The first-order valence-corrected chi connectivity index (χ1v) is 7.36. The molecule has 0 aliphatic carbocycles. The highest BCUT2D eigenvalue weighted by Gasteiger charge is 2.20. The van der Waals surface area contributed by atoms with Crippen LogP contribution in [0.25, 0.3) is 10.9 Å². The Balaban J connectivity index is 2.05. The standard InChI is InChI=1S/C16H22ClN3O/c1-16(2,10-20(3)4)9-18-15(21)14-8-11-7-12(17)5-6-13(11)19-14/h5-8,19H,9-10H2,1-4H3,(H,18,21). The first kappa shape index (κ1) is 15.9. The number of halogens is 1. The summed E-state index contributed by atoms with van der Waals surface area (Å²) >= 11 is 5.96. The number of rotatable bonds is 5. The third-order valence-corrected chi connectivity index (χ3v) is 3.53. The highest BCUT2D eigenvalue weighted by Crippen LogP contribution is 2.20. The van der Waals surface area contributed by atoms with Gasteiger partial charge in [-0.1, -0.05) is 25.4 Å². The lowest BCUT2D eigenvalue weighted by molar-refractivity contribution is 0.0925. The van der Waals surface area contributed by atoms with Gasteiger partial charge in [0.2, 0.25) is 0 Å². The van der Waals surface area contributed by atoms with Gasteiger partial charge in [0.1, 0.15) is 5.69 Å². The molecule has 2 rings (SSSR count). The fourth-order valence-electron chi connectivity index (χ4n) is 2.55. The number of aromatic amines is 1. The molecule has 0 unspecified atom stereocenters. The zero-order valence-corrected chi connectivity index (χ0v) is 13.7. The van der Waals surface area contributed by atoms with Gasteiger partial charge in [-0.2, -0.15) is 0 Å². The number of nitrogens with zero attached hydrogens (tertiary/aromatic N) is 1. The number of hydrogen-bond donors (Lipinski definition) is 2. The van der Waals surface area contributed by atoms with E-state index >= 15 is 0 Å². The molecular weight excluding hydrogens is 286 g/mol. The predicted octanol–water partition coefficient (Wildman–Crippen LogP) is 3.14. The molecule has 0 spiro atoms. The molecule has 0 aliphatic rings. The molecule has 114 valence electrons. The minimum absolute atomic E-state index is 0.0223. The molecule has 0 fully saturated rings. The van der Waals surface area contributed by atoms with E-state index in [2.05, 4.69) is 29.0 Å². The summed E-state index contributed by atoms with van der Waals surface area (Å²) in [6, 6.07) is 7.36. The van der Waals surface area contributed by atoms with Crippen molar-refractivity contribution < 1.29 is 4.79 Å². The molecule has 1 heterocycles. The van der Waals surface area contributed by atoms with Gasteiger partial charge in [-0.15, -0.1) is 0 Å². The second kappa shape index (κ2) is 6.08. The number of carbonyl (C=O) groups excluding carboxylic acids is 1. The second-order valence-corrected chi connectivity index (χ2v) is 6.94. The Kier molecular flexibility index (Phi) is 4.59. The largest absolute Gasteiger partial charge is 0.351 e. The van der Waals surface area contributed by atoms with Gasteiger partial charge in [-0.05, 0) is 43.8 Å². The van der Waals surface area contributed by atoms with Crippen LogP contribution >= 0.6 is 11.6 Å². The Morgan fingerprint density at radius 3 is 2.71 bits per heavy atom. The van der Waals surface area contributed by atoms with Crippen LogP contribution in [0.4, 0.5) is 0 Å². The molecular formula is C16H22ClN3O. The first-order chi connectivity index (χ1) is 9.77. The van der Waals surface area contributed by atoms with E-state index in [-0.39, 0.29) is 11.3 Å². The summed E-state index contributed by atoms with van der Waals surface area (Å²) in [6.07, 6.45) is 0. The number of carbonyl (C=O) groups is 1. The van der Waals surface area contributed by atoms with Gasteiger partial charge in [0, 0.05) is 29.0 Å². The van der Waals surface area contributed by atoms with Crippen molar-refractivity contribution in [2.45, 2.75) is 13.8 Å². The number of amides is 1. The normalized spacial score (nSPS) is 12.1. The summed E-state index contributed by atoms with van der Waals surface area (Å²) in [5, 5.41) is 4.60. The minimum atomic E-state index is -0.0887. The van der Waals surface area contributed by atoms with Gasteiger partial charge in [0.25, 0.3) is 5.91 Å². The quantitative estimate of drug-likeness (QED) is 0.891. The van der Waals surface area contributed by atoms with Crippen LogP contribution in [-0.2, 0) is 0 Å². The van der Waals surface area contributed by atoms with E-state index in [0.717, 1.165) is 17.4 Å². The van der Waals surface area contributed by atoms with Gasteiger partial charge >= 0.3 is 0 Å². The van der Waals surface area contributed by atoms with Gasteiger partial charge in [-0.3, -0.25) is 4.79 Å². The molecule has 1 amide bonds. The van der Waals surface area contributed by atoms with Crippen LogP contribution in [0.2, 0.25) is 5.02 Å². The molecule has 0 radical (unpaired) electrons. The molecule has 5 heteroatoms. The van der Waals surface area contributed by atoms with E-state index in [1.54, 1.807) is 0 Å². The lowest BCUT2D eigenvalue weighted by atomic mass is 9.93. The van der Waals surface area contributed by atoms with E-state index in [1.165, 1.54) is 0 Å². The van der Waals surface area contributed by atoms with Crippen molar-refractivity contribution in [2.24, 2.45) is 5.41 Å². The maximum absolute atomic E-state index is 12.2. The van der Waals surface area contributed by atoms with E-state index < -0.39 is 0 Å². The van der Waals surface area contributed by atoms with Gasteiger partial charge < -0.3 is 15.2 Å². The third kappa shape index (κ3) is 4.22. The van der Waals surface area contributed by atoms with Crippen LogP contribution in [0.5, 0.6) is 0 Å². The van der Waals surface area contributed by atoms with Crippen molar-refractivity contribution in [1.29, 1.82) is 0 Å². The summed E-state index contributed by atoms with van der Waals surface area (Å²) in [4.78, 5) is 17.5. The average Bonchev–Trinajstić information content (AvgIpc) is 2.77. The summed E-state index contributed by atoms with van der Waals surface area (Å²) in [6.45, 7) is 5.81. The van der Waals surface area contributed by atoms with E-state index in [1.807, 2.05) is 38.4 Å². The molecule has 2 aromatic rings. The molecule has 1 aromatic heterocycles. The van der Waals surface area contributed by atoms with E-state index in [4.69, 9.17) is 11.6 Å². The van der Waals surface area contributed by atoms with Crippen LogP contribution in [0, 0.1) is 5.41 Å². The van der Waals surface area contributed by atoms with Crippen molar-refractivity contribution >= 4 is 28.4 Å². The third-order valence-electron chi connectivity index (χ3n) is 3.30. The van der Waals surface area contributed by atoms with Crippen molar-refractivity contribution in [3.05, 3.63) is 35.0 Å². The molecule has 0 saturated heterocycles. The number of benzene rings is 1. The molecule has 0 atom stereocenters. The topological polar surface area (TPSA) is 48.1 Å². The SMILES string of the molecule is CN(C)CC(C)(C)CNC(=O)c1cc2cc(Cl)ccc2[nH]1. The number of hydrogen-bond acceptors (Lipinski definition) is 2. The lowest BCUT2D eigenvalue weighted by Crippen LogP contribution is -2.40. The number of aromatic nitrogens is 1. The first-order valence-electron chi connectivity index (χ1n) is 6.98. The molecule has 4 nitrogen and oxygen atoms in total. The smallest absolute Gasteiger partial charge is 0.267 e. The Labute approximate surface area is 130 Å². The summed E-state index contributed by atoms with van der Waals surface area (Å²) < 4.78 is 0. The van der Waals surface area contributed by atoms with Crippen LogP contribution in [0.1, 0.15) is 24.3 Å². The zero-order valence-electron chi connectivity index (χ0n) is 13.0. The molecule has 21 heavy (non-hydrogen) atoms. The van der Waals surface area contributed by atoms with Crippen molar-refractivity contribution in [3.8, 4) is 0 Å². The number of fused-ring (bicyclic) bond motifs is 1. The minimum Gasteiger partial charge on any atom is -0.351 e. The fourth-order valence-corrected chi connectivity index (χ4v) is 2.73. The molecule has 0 aliphatic heterocycles. The monoisotopic (exact) mass is 307 g/mol. The summed E-state index contributed by atoms with van der Waals surface area (Å²) in [7, 11) is 4.07. The van der Waals surface area contributed by atoms with Gasteiger partial charge in [0.05, 0.1) is 0 Å². The molecule has 0 bridgehead atoms. The fraction of sp³-hybridized carbons (Fsp3) is 0.438. The van der Waals surface area contributed by atoms with E-state index in [0.29, 0.717) is 17.3 Å². The van der Waals surface area contributed by atoms with Crippen LogP contribution in [0.15, 0.2) is 24.3 Å². The molecule has 0 saturated carbocycles. The van der Waals surface area contributed by atoms with Crippen molar-refractivity contribution in [1.82, 2.24) is 15.2 Å². The number of nitrogens with one attached hydrogen (secondary N) is 2. The van der Waals surface area contributed by atoms with Gasteiger partial charge in [-0.25, -0.2) is 0 Å². The van der Waals surface area contributed by atoms with E-state index in [9.17, 15) is 4.79 Å². The Hall–Kier alpha value is -1.52. The Morgan fingerprint density at radius 2 is 2.05 bits per heavy atom. The highest BCUT2D eigenvalue weighted by molar-refractivity contribution is 6.31. The van der Waals surface area contributed by atoms with Crippen LogP contribution in [-0.4, -0.2) is 43.0 Å². The number of H-pyrrole nitrogens is 1. The maximum Gasteiger partial charge on any atom is 0.267 e. The summed E-state index contributed by atoms with van der Waals surface area (Å²) in [5.74, 6) is -0.0887. The average molecular weight is 308 g/mol. The Bertz CT molecular complexity index is 646. The van der Waals surface area contributed by atoms with Crippen LogP contribution in [0.3, 0.4) is 0 Å². The van der Waals surface area contributed by atoms with Crippen LogP contribution < -0.4 is 5.32 Å². The van der Waals surface area contributed by atoms with Crippen molar-refractivity contribution in [3.63, 3.8) is 0 Å². The molecule has 2 N–H and O–H groups in total. The van der Waals surface area contributed by atoms with Gasteiger partial charge in [0.15, 0.2) is 0 Å². The molecule has 1 aromatic carbocycles. The lowest BCUT2D eigenvalue weighted by Gasteiger charge is -2.28. The second-order valence-electron chi connectivity index (χ2n) is 6.50. The zero-order chi connectivity index (χ0) is 15.6. The predicted molar refractivity (Wildman–Crippen MR) is 88.0 cm³/mol. The maximum atomic E-state index is 12.2.